The summed E-state index contributed by atoms with van der Waals surface area (Å²) in [4.78, 5) is 12.3. The summed E-state index contributed by atoms with van der Waals surface area (Å²) in [6.45, 7) is 4.81. The van der Waals surface area contributed by atoms with Gasteiger partial charge in [0.05, 0.1) is 23.3 Å². The number of aryl methyl sites for hydroxylation is 2. The Labute approximate surface area is 175 Å². The molecule has 1 amide bonds. The molecule has 0 unspecified atom stereocenters. The molecule has 0 bridgehead atoms. The molecule has 0 atom stereocenters. The minimum absolute atomic E-state index is 0.177. The highest BCUT2D eigenvalue weighted by molar-refractivity contribution is 9.10. The molecule has 0 saturated heterocycles. The quantitative estimate of drug-likeness (QED) is 0.560. The molecule has 1 N–H and O–H groups in total. The number of hydrogen-bond donors (Lipinski definition) is 1. The van der Waals surface area contributed by atoms with Crippen LogP contribution in [0.2, 0.25) is 10.0 Å². The lowest BCUT2D eigenvalue weighted by atomic mass is 10.2. The first-order valence-corrected chi connectivity index (χ1v) is 9.85. The van der Waals surface area contributed by atoms with E-state index in [1.807, 2.05) is 38.1 Å². The topological polar surface area (TPSA) is 64.7 Å². The summed E-state index contributed by atoms with van der Waals surface area (Å²) in [5.74, 6) is 0.159. The van der Waals surface area contributed by atoms with Crippen LogP contribution in [-0.4, -0.2) is 25.5 Å². The fourth-order valence-corrected chi connectivity index (χ4v) is 3.34. The van der Waals surface area contributed by atoms with Gasteiger partial charge < -0.3 is 5.32 Å². The number of hydrogen-bond acceptors (Lipinski definition) is 3. The molecule has 0 spiro atoms. The van der Waals surface area contributed by atoms with E-state index < -0.39 is 0 Å². The van der Waals surface area contributed by atoms with Gasteiger partial charge in [0.1, 0.15) is 5.02 Å². The van der Waals surface area contributed by atoms with Crippen LogP contribution < -0.4 is 5.32 Å². The van der Waals surface area contributed by atoms with Crippen molar-refractivity contribution in [3.05, 3.63) is 61.9 Å². The highest BCUT2D eigenvalue weighted by atomic mass is 79.9. The molecule has 3 aromatic rings. The van der Waals surface area contributed by atoms with Gasteiger partial charge in [-0.3, -0.25) is 14.2 Å². The Morgan fingerprint density at radius 3 is 2.59 bits per heavy atom. The van der Waals surface area contributed by atoms with E-state index in [9.17, 15) is 4.79 Å². The largest absolute Gasteiger partial charge is 0.308 e. The van der Waals surface area contributed by atoms with Gasteiger partial charge in [-0.15, -0.1) is 0 Å². The Morgan fingerprint density at radius 1 is 1.19 bits per heavy atom. The molecular weight excluding hydrogens is 453 g/mol. The van der Waals surface area contributed by atoms with Crippen LogP contribution >= 0.6 is 39.1 Å². The van der Waals surface area contributed by atoms with E-state index in [0.29, 0.717) is 29.0 Å². The van der Waals surface area contributed by atoms with Crippen molar-refractivity contribution in [1.82, 2.24) is 19.6 Å². The lowest BCUT2D eigenvalue weighted by molar-refractivity contribution is -0.116. The van der Waals surface area contributed by atoms with Crippen LogP contribution in [0.1, 0.15) is 23.4 Å². The van der Waals surface area contributed by atoms with Gasteiger partial charge in [-0.1, -0.05) is 41.4 Å². The zero-order valence-electron chi connectivity index (χ0n) is 14.8. The van der Waals surface area contributed by atoms with Crippen LogP contribution in [0, 0.1) is 13.8 Å². The van der Waals surface area contributed by atoms with Gasteiger partial charge in [0.25, 0.3) is 0 Å². The number of aromatic nitrogens is 4. The van der Waals surface area contributed by atoms with Crippen LogP contribution in [0.25, 0.3) is 0 Å². The maximum Gasteiger partial charge on any atom is 0.227 e. The van der Waals surface area contributed by atoms with Crippen molar-refractivity contribution in [1.29, 1.82) is 0 Å². The number of rotatable bonds is 6. The van der Waals surface area contributed by atoms with Crippen molar-refractivity contribution in [2.75, 3.05) is 5.32 Å². The highest BCUT2D eigenvalue weighted by Crippen LogP contribution is 2.23. The van der Waals surface area contributed by atoms with Crippen LogP contribution in [0.15, 0.2) is 34.9 Å². The maximum absolute atomic E-state index is 12.3. The average molecular weight is 471 g/mol. The predicted octanol–water partition coefficient (Wildman–Crippen LogP) is 4.84. The number of anilines is 1. The third kappa shape index (κ3) is 4.72. The Bertz CT molecular complexity index is 982. The molecule has 6 nitrogen and oxygen atoms in total. The number of halogens is 3. The van der Waals surface area contributed by atoms with E-state index in [1.54, 1.807) is 15.6 Å². The number of nitrogens with zero attached hydrogens (tertiary/aromatic N) is 4. The lowest BCUT2D eigenvalue weighted by Gasteiger charge is -2.06. The van der Waals surface area contributed by atoms with Crippen LogP contribution in [0.4, 0.5) is 5.82 Å². The third-order valence-corrected chi connectivity index (χ3v) is 5.90. The van der Waals surface area contributed by atoms with Crippen LogP contribution in [-0.2, 0) is 17.9 Å². The second-order valence-corrected chi connectivity index (χ2v) is 7.73. The number of carbonyl (C=O) groups is 1. The average Bonchev–Trinajstić information content (AvgIpc) is 3.09. The fourth-order valence-electron chi connectivity index (χ4n) is 2.66. The van der Waals surface area contributed by atoms with E-state index in [1.165, 1.54) is 0 Å². The SMILES string of the molecule is Cc1nn(CCC(=O)Nc2nn(Cc3ccccc3Cl)cc2Cl)c(C)c1Br. The number of amides is 1. The van der Waals surface area contributed by atoms with Crippen LogP contribution in [0.5, 0.6) is 0 Å². The molecule has 1 aromatic carbocycles. The molecule has 0 aliphatic heterocycles. The molecule has 0 aliphatic carbocycles. The molecule has 0 aliphatic rings. The molecule has 2 aromatic heterocycles. The second-order valence-electron chi connectivity index (χ2n) is 6.12. The lowest BCUT2D eigenvalue weighted by Crippen LogP contribution is -2.16. The van der Waals surface area contributed by atoms with E-state index >= 15 is 0 Å². The molecule has 0 radical (unpaired) electrons. The monoisotopic (exact) mass is 469 g/mol. The van der Waals surface area contributed by atoms with Gasteiger partial charge >= 0.3 is 0 Å². The first-order chi connectivity index (χ1) is 12.8. The van der Waals surface area contributed by atoms with Gasteiger partial charge in [0.15, 0.2) is 5.82 Å². The van der Waals surface area contributed by atoms with Crippen molar-refractivity contribution < 1.29 is 4.79 Å². The second kappa shape index (κ2) is 8.46. The summed E-state index contributed by atoms with van der Waals surface area (Å²) < 4.78 is 4.41. The predicted molar refractivity (Wildman–Crippen MR) is 110 cm³/mol. The molecule has 142 valence electrons. The van der Waals surface area contributed by atoms with Gasteiger partial charge in [-0.2, -0.15) is 10.2 Å². The molecule has 3 rings (SSSR count). The fraction of sp³-hybridized carbons (Fsp3) is 0.278. The first kappa shape index (κ1) is 19.9. The van der Waals surface area contributed by atoms with Gasteiger partial charge in [-0.25, -0.2) is 0 Å². The van der Waals surface area contributed by atoms with Gasteiger partial charge in [0.2, 0.25) is 5.91 Å². The third-order valence-electron chi connectivity index (χ3n) is 4.11. The summed E-state index contributed by atoms with van der Waals surface area (Å²) in [5, 5.41) is 12.5. The first-order valence-electron chi connectivity index (χ1n) is 8.31. The normalized spacial score (nSPS) is 11.0. The Hall–Kier alpha value is -1.83. The zero-order valence-corrected chi connectivity index (χ0v) is 17.9. The summed E-state index contributed by atoms with van der Waals surface area (Å²) in [5.41, 5.74) is 2.81. The van der Waals surface area contributed by atoms with E-state index in [4.69, 9.17) is 23.2 Å². The number of carbonyl (C=O) groups excluding carboxylic acids is 1. The zero-order chi connectivity index (χ0) is 19.6. The summed E-state index contributed by atoms with van der Waals surface area (Å²) in [7, 11) is 0. The molecule has 0 fully saturated rings. The Morgan fingerprint density at radius 2 is 1.93 bits per heavy atom. The summed E-state index contributed by atoms with van der Waals surface area (Å²) >= 11 is 15.9. The van der Waals surface area contributed by atoms with E-state index in [-0.39, 0.29) is 12.3 Å². The minimum Gasteiger partial charge on any atom is -0.308 e. The van der Waals surface area contributed by atoms with Crippen molar-refractivity contribution in [2.45, 2.75) is 33.4 Å². The van der Waals surface area contributed by atoms with Gasteiger partial charge in [-0.05, 0) is 41.4 Å². The molecular formula is C18H18BrCl2N5O. The smallest absolute Gasteiger partial charge is 0.227 e. The summed E-state index contributed by atoms with van der Waals surface area (Å²) in [6, 6.07) is 7.52. The Kier molecular flexibility index (Phi) is 6.24. The molecule has 27 heavy (non-hydrogen) atoms. The highest BCUT2D eigenvalue weighted by Gasteiger charge is 2.14. The molecule has 2 heterocycles. The number of nitrogens with one attached hydrogen (secondary N) is 1. The summed E-state index contributed by atoms with van der Waals surface area (Å²) in [6.07, 6.45) is 1.93. The van der Waals surface area contributed by atoms with Crippen LogP contribution in [0.3, 0.4) is 0 Å². The molecule has 0 saturated carbocycles. The van der Waals surface area contributed by atoms with E-state index in [2.05, 4.69) is 31.4 Å². The molecule has 9 heteroatoms. The maximum atomic E-state index is 12.3. The van der Waals surface area contributed by atoms with Gasteiger partial charge in [0, 0.05) is 23.3 Å². The minimum atomic E-state index is -0.177. The van der Waals surface area contributed by atoms with Crippen molar-refractivity contribution in [3.63, 3.8) is 0 Å². The van der Waals surface area contributed by atoms with E-state index in [0.717, 1.165) is 21.4 Å². The van der Waals surface area contributed by atoms with Crippen molar-refractivity contribution in [3.8, 4) is 0 Å². The van der Waals surface area contributed by atoms with Crippen molar-refractivity contribution >= 4 is 50.9 Å². The standard InChI is InChI=1S/C18H18BrCl2N5O/c1-11-17(19)12(2)26(23-11)8-7-16(27)22-18-15(21)10-25(24-18)9-13-5-3-4-6-14(13)20/h3-6,10H,7-9H2,1-2H3,(H,22,24,27). The number of benzene rings is 1. The van der Waals surface area contributed by atoms with Crippen molar-refractivity contribution in [2.24, 2.45) is 0 Å². The Balaban J connectivity index is 1.62.